The predicted molar refractivity (Wildman–Crippen MR) is 108 cm³/mol. The zero-order chi connectivity index (χ0) is 19.4. The van der Waals surface area contributed by atoms with Crippen LogP contribution in [0, 0.1) is 0 Å². The number of benzene rings is 2. The quantitative estimate of drug-likeness (QED) is 0.530. The van der Waals surface area contributed by atoms with Crippen molar-refractivity contribution in [3.8, 4) is 5.69 Å². The van der Waals surface area contributed by atoms with Crippen molar-refractivity contribution >= 4 is 52.5 Å². The van der Waals surface area contributed by atoms with Crippen LogP contribution in [0.15, 0.2) is 47.6 Å². The maximum Gasteiger partial charge on any atom is 0.233 e. The third-order valence-corrected chi connectivity index (χ3v) is 5.56. The van der Waals surface area contributed by atoms with Gasteiger partial charge in [-0.2, -0.15) is 4.68 Å². The molecule has 0 atom stereocenters. The van der Waals surface area contributed by atoms with Crippen LogP contribution in [-0.2, 0) is 11.3 Å². The van der Waals surface area contributed by atoms with Crippen molar-refractivity contribution in [3.05, 3.63) is 63.1 Å². The van der Waals surface area contributed by atoms with Crippen LogP contribution in [0.3, 0.4) is 0 Å². The van der Waals surface area contributed by atoms with E-state index in [0.717, 1.165) is 11.3 Å². The first-order valence-electron chi connectivity index (χ1n) is 7.79. The number of nitrogens with zero attached hydrogens (tertiary/aromatic N) is 5. The normalized spacial score (nSPS) is 10.8. The highest BCUT2D eigenvalue weighted by atomic mass is 35.5. The Labute approximate surface area is 175 Å². The lowest BCUT2D eigenvalue weighted by molar-refractivity contribution is -0.127. The molecular formula is C17H14Cl3N5OS. The number of carbonyl (C=O) groups is 1. The van der Waals surface area contributed by atoms with Crippen molar-refractivity contribution in [2.24, 2.45) is 0 Å². The number of carbonyl (C=O) groups excluding carboxylic acids is 1. The average molecular weight is 443 g/mol. The summed E-state index contributed by atoms with van der Waals surface area (Å²) >= 11 is 19.1. The van der Waals surface area contributed by atoms with Crippen LogP contribution in [0.5, 0.6) is 0 Å². The van der Waals surface area contributed by atoms with E-state index < -0.39 is 0 Å². The lowest BCUT2D eigenvalue weighted by Gasteiger charge is -2.17. The van der Waals surface area contributed by atoms with Crippen LogP contribution < -0.4 is 0 Å². The molecule has 0 aliphatic heterocycles. The van der Waals surface area contributed by atoms with E-state index in [0.29, 0.717) is 26.8 Å². The molecule has 0 bridgehead atoms. The number of hydrogen-bond donors (Lipinski definition) is 0. The van der Waals surface area contributed by atoms with Crippen molar-refractivity contribution in [1.29, 1.82) is 0 Å². The molecule has 3 rings (SSSR count). The number of hydrogen-bond acceptors (Lipinski definition) is 5. The van der Waals surface area contributed by atoms with Crippen molar-refractivity contribution in [1.82, 2.24) is 25.1 Å². The van der Waals surface area contributed by atoms with Crippen molar-refractivity contribution in [2.75, 3.05) is 12.8 Å². The summed E-state index contributed by atoms with van der Waals surface area (Å²) < 4.78 is 1.56. The molecule has 0 N–H and O–H groups in total. The van der Waals surface area contributed by atoms with E-state index in [1.807, 2.05) is 6.07 Å². The number of rotatable bonds is 6. The highest BCUT2D eigenvalue weighted by Gasteiger charge is 2.15. The highest BCUT2D eigenvalue weighted by Crippen LogP contribution is 2.24. The summed E-state index contributed by atoms with van der Waals surface area (Å²) in [6, 6.07) is 12.4. The summed E-state index contributed by atoms with van der Waals surface area (Å²) in [4.78, 5) is 14.1. The van der Waals surface area contributed by atoms with Crippen molar-refractivity contribution in [2.45, 2.75) is 11.7 Å². The first kappa shape index (κ1) is 19.9. The number of thioether (sulfide) groups is 1. The van der Waals surface area contributed by atoms with Gasteiger partial charge in [-0.3, -0.25) is 4.79 Å². The summed E-state index contributed by atoms with van der Waals surface area (Å²) in [5.41, 5.74) is 1.67. The zero-order valence-electron chi connectivity index (χ0n) is 14.1. The van der Waals surface area contributed by atoms with Gasteiger partial charge in [0.05, 0.1) is 21.5 Å². The molecule has 1 heterocycles. The molecule has 0 fully saturated rings. The first-order chi connectivity index (χ1) is 12.9. The fourth-order valence-corrected chi connectivity index (χ4v) is 3.53. The average Bonchev–Trinajstić information content (AvgIpc) is 3.12. The Hall–Kier alpha value is -1.80. The van der Waals surface area contributed by atoms with E-state index in [-0.39, 0.29) is 11.7 Å². The van der Waals surface area contributed by atoms with E-state index in [1.165, 1.54) is 11.8 Å². The summed E-state index contributed by atoms with van der Waals surface area (Å²) in [6.45, 7) is 0.429. The predicted octanol–water partition coefficient (Wildman–Crippen LogP) is 4.37. The third kappa shape index (κ3) is 5.13. The fourth-order valence-electron chi connectivity index (χ4n) is 2.25. The van der Waals surface area contributed by atoms with Gasteiger partial charge in [-0.1, -0.05) is 52.6 Å². The number of halogens is 3. The lowest BCUT2D eigenvalue weighted by atomic mass is 10.2. The minimum Gasteiger partial charge on any atom is -0.341 e. The molecule has 1 aromatic heterocycles. The molecule has 10 heteroatoms. The monoisotopic (exact) mass is 441 g/mol. The number of tetrazole rings is 1. The molecule has 0 unspecified atom stereocenters. The maximum absolute atomic E-state index is 12.4. The molecule has 0 aliphatic rings. The van der Waals surface area contributed by atoms with Gasteiger partial charge in [-0.25, -0.2) is 0 Å². The molecule has 0 saturated carbocycles. The molecule has 0 saturated heterocycles. The molecule has 6 nitrogen and oxygen atoms in total. The van der Waals surface area contributed by atoms with Crippen molar-refractivity contribution in [3.63, 3.8) is 0 Å². The lowest BCUT2D eigenvalue weighted by Crippen LogP contribution is -2.27. The van der Waals surface area contributed by atoms with Gasteiger partial charge >= 0.3 is 0 Å². The summed E-state index contributed by atoms with van der Waals surface area (Å²) in [5.74, 6) is 0.142. The molecule has 27 heavy (non-hydrogen) atoms. The van der Waals surface area contributed by atoms with Gasteiger partial charge in [0.2, 0.25) is 11.1 Å². The minimum atomic E-state index is -0.0586. The van der Waals surface area contributed by atoms with Gasteiger partial charge in [0, 0.05) is 18.6 Å². The van der Waals surface area contributed by atoms with E-state index in [1.54, 1.807) is 53.0 Å². The molecule has 1 amide bonds. The van der Waals surface area contributed by atoms with Gasteiger partial charge in [0.1, 0.15) is 0 Å². The Morgan fingerprint density at radius 1 is 1.11 bits per heavy atom. The molecule has 0 radical (unpaired) electrons. The molecule has 0 spiro atoms. The first-order valence-corrected chi connectivity index (χ1v) is 9.91. The zero-order valence-corrected chi connectivity index (χ0v) is 17.2. The molecule has 3 aromatic rings. The van der Waals surface area contributed by atoms with Crippen LogP contribution in [0.4, 0.5) is 0 Å². The van der Waals surface area contributed by atoms with Gasteiger partial charge in [0.15, 0.2) is 0 Å². The molecule has 140 valence electrons. The standard InChI is InChI=1S/C17H14Cl3N5OS/c1-24(9-11-2-7-14(19)15(20)8-11)16(26)10-27-17-21-22-23-25(17)13-5-3-12(18)4-6-13/h2-8H,9-10H2,1H3. The third-order valence-electron chi connectivity index (χ3n) is 3.67. The highest BCUT2D eigenvalue weighted by molar-refractivity contribution is 7.99. The number of amides is 1. The topological polar surface area (TPSA) is 63.9 Å². The Balaban J connectivity index is 1.61. The number of aromatic nitrogens is 4. The minimum absolute atomic E-state index is 0.0586. The molecule has 2 aromatic carbocycles. The van der Waals surface area contributed by atoms with Crippen LogP contribution in [0.1, 0.15) is 5.56 Å². The smallest absolute Gasteiger partial charge is 0.233 e. The SMILES string of the molecule is CN(Cc1ccc(Cl)c(Cl)c1)C(=O)CSc1nnnn1-c1ccc(Cl)cc1. The Kier molecular flexibility index (Phi) is 6.59. The van der Waals surface area contributed by atoms with E-state index in [2.05, 4.69) is 15.5 Å². The van der Waals surface area contributed by atoms with Crippen molar-refractivity contribution < 1.29 is 4.79 Å². The second-order valence-corrected chi connectivity index (χ2v) is 7.83. The van der Waals surface area contributed by atoms with Gasteiger partial charge < -0.3 is 4.90 Å². The molecular weight excluding hydrogens is 429 g/mol. The van der Waals surface area contributed by atoms with E-state index in [9.17, 15) is 4.79 Å². The van der Waals surface area contributed by atoms with Crippen LogP contribution in [0.2, 0.25) is 15.1 Å². The van der Waals surface area contributed by atoms with E-state index >= 15 is 0 Å². The largest absolute Gasteiger partial charge is 0.341 e. The second-order valence-electron chi connectivity index (χ2n) is 5.64. The van der Waals surface area contributed by atoms with Crippen LogP contribution in [-0.4, -0.2) is 43.8 Å². The summed E-state index contributed by atoms with van der Waals surface area (Å²) in [6.07, 6.45) is 0. The van der Waals surface area contributed by atoms with Gasteiger partial charge in [-0.05, 0) is 52.4 Å². The van der Waals surface area contributed by atoms with Gasteiger partial charge in [-0.15, -0.1) is 5.10 Å². The summed E-state index contributed by atoms with van der Waals surface area (Å²) in [5, 5.41) is 13.7. The fraction of sp³-hybridized carbons (Fsp3) is 0.176. The maximum atomic E-state index is 12.4. The molecule has 0 aliphatic carbocycles. The second kappa shape index (κ2) is 8.93. The van der Waals surface area contributed by atoms with E-state index in [4.69, 9.17) is 34.8 Å². The van der Waals surface area contributed by atoms with Crippen LogP contribution >= 0.6 is 46.6 Å². The Morgan fingerprint density at radius 2 is 1.85 bits per heavy atom. The van der Waals surface area contributed by atoms with Crippen LogP contribution in [0.25, 0.3) is 5.69 Å². The van der Waals surface area contributed by atoms with Gasteiger partial charge in [0.25, 0.3) is 0 Å². The summed E-state index contributed by atoms with van der Waals surface area (Å²) in [7, 11) is 1.73. The Morgan fingerprint density at radius 3 is 2.56 bits per heavy atom. The Bertz CT molecular complexity index is 948.